The van der Waals surface area contributed by atoms with E-state index in [2.05, 4.69) is 24.1 Å². The van der Waals surface area contributed by atoms with Gasteiger partial charge in [0, 0.05) is 35.9 Å². The molecule has 2 rings (SSSR count). The normalized spacial score (nSPS) is 22.3. The van der Waals surface area contributed by atoms with Crippen molar-refractivity contribution in [3.8, 4) is 0 Å². The van der Waals surface area contributed by atoms with Crippen LogP contribution in [0.15, 0.2) is 24.3 Å². The Morgan fingerprint density at radius 2 is 2.05 bits per heavy atom. The third-order valence-corrected chi connectivity index (χ3v) is 3.48. The maximum Gasteiger partial charge on any atom is 0.159 e. The number of aliphatic hydroxyl groups excluding tert-OH is 1. The Kier molecular flexibility index (Phi) is 3.92. The van der Waals surface area contributed by atoms with E-state index in [4.69, 9.17) is 0 Å². The molecule has 2 N–H and O–H groups in total. The van der Waals surface area contributed by atoms with Gasteiger partial charge in [0.15, 0.2) is 5.78 Å². The number of carbonyl (C=O) groups is 1. The SMILES string of the molecule is CC(=O)c1ccc(N2CC(CO)NC(C)(C)C2)cc1. The lowest BCUT2D eigenvalue weighted by Crippen LogP contribution is -2.63. The molecular weight excluding hydrogens is 240 g/mol. The van der Waals surface area contributed by atoms with E-state index in [1.54, 1.807) is 6.92 Å². The molecule has 0 bridgehead atoms. The van der Waals surface area contributed by atoms with Gasteiger partial charge < -0.3 is 15.3 Å². The number of nitrogens with zero attached hydrogens (tertiary/aromatic N) is 1. The van der Waals surface area contributed by atoms with Crippen LogP contribution in [0.5, 0.6) is 0 Å². The van der Waals surface area contributed by atoms with Crippen molar-refractivity contribution in [2.75, 3.05) is 24.6 Å². The minimum atomic E-state index is -0.0368. The fraction of sp³-hybridized carbons (Fsp3) is 0.533. The molecular formula is C15H22N2O2. The summed E-state index contributed by atoms with van der Waals surface area (Å²) >= 11 is 0. The van der Waals surface area contributed by atoms with Crippen LogP contribution in [0.2, 0.25) is 0 Å². The second-order valence-electron chi connectivity index (χ2n) is 5.89. The lowest BCUT2D eigenvalue weighted by Gasteiger charge is -2.44. The van der Waals surface area contributed by atoms with E-state index in [-0.39, 0.29) is 24.0 Å². The summed E-state index contributed by atoms with van der Waals surface area (Å²) in [4.78, 5) is 13.5. The summed E-state index contributed by atoms with van der Waals surface area (Å²) in [6, 6.07) is 7.76. The first-order valence-electron chi connectivity index (χ1n) is 6.66. The van der Waals surface area contributed by atoms with E-state index < -0.39 is 0 Å². The van der Waals surface area contributed by atoms with Crippen molar-refractivity contribution in [3.63, 3.8) is 0 Å². The summed E-state index contributed by atoms with van der Waals surface area (Å²) in [7, 11) is 0. The lowest BCUT2D eigenvalue weighted by atomic mass is 9.98. The minimum absolute atomic E-state index is 0.0368. The monoisotopic (exact) mass is 262 g/mol. The van der Waals surface area contributed by atoms with Crippen LogP contribution in [0.1, 0.15) is 31.1 Å². The van der Waals surface area contributed by atoms with E-state index in [1.807, 2.05) is 24.3 Å². The van der Waals surface area contributed by atoms with Crippen molar-refractivity contribution in [3.05, 3.63) is 29.8 Å². The van der Waals surface area contributed by atoms with Crippen molar-refractivity contribution in [1.82, 2.24) is 5.32 Å². The number of aliphatic hydroxyl groups is 1. The smallest absolute Gasteiger partial charge is 0.159 e. The molecule has 0 aromatic heterocycles. The molecule has 0 radical (unpaired) electrons. The quantitative estimate of drug-likeness (QED) is 0.809. The summed E-state index contributed by atoms with van der Waals surface area (Å²) in [5.74, 6) is 0.0837. The summed E-state index contributed by atoms with van der Waals surface area (Å²) in [6.07, 6.45) is 0. The van der Waals surface area contributed by atoms with E-state index in [9.17, 15) is 9.90 Å². The standard InChI is InChI=1S/C15H22N2O2/c1-11(19)12-4-6-14(7-5-12)17-8-13(9-18)16-15(2,3)10-17/h4-7,13,16,18H,8-10H2,1-3H3. The first-order valence-corrected chi connectivity index (χ1v) is 6.66. The lowest BCUT2D eigenvalue weighted by molar-refractivity contribution is 0.101. The number of hydrogen-bond donors (Lipinski definition) is 2. The fourth-order valence-electron chi connectivity index (χ4n) is 2.66. The molecule has 1 fully saturated rings. The van der Waals surface area contributed by atoms with Crippen LogP contribution in [0, 0.1) is 0 Å². The summed E-state index contributed by atoms with van der Waals surface area (Å²) in [6.45, 7) is 7.62. The Balaban J connectivity index is 2.18. The predicted octanol–water partition coefficient (Wildman–Crippen LogP) is 1.44. The topological polar surface area (TPSA) is 52.6 Å². The highest BCUT2D eigenvalue weighted by Gasteiger charge is 2.31. The van der Waals surface area contributed by atoms with Crippen molar-refractivity contribution in [2.45, 2.75) is 32.4 Å². The van der Waals surface area contributed by atoms with E-state index in [0.29, 0.717) is 0 Å². The Morgan fingerprint density at radius 1 is 1.42 bits per heavy atom. The second-order valence-corrected chi connectivity index (χ2v) is 5.89. The molecule has 1 unspecified atom stereocenters. The highest BCUT2D eigenvalue weighted by molar-refractivity contribution is 5.94. The Bertz CT molecular complexity index is 454. The largest absolute Gasteiger partial charge is 0.395 e. The van der Waals surface area contributed by atoms with Crippen LogP contribution in [-0.4, -0.2) is 42.2 Å². The molecule has 1 saturated heterocycles. The molecule has 19 heavy (non-hydrogen) atoms. The molecule has 1 heterocycles. The van der Waals surface area contributed by atoms with Crippen molar-refractivity contribution < 1.29 is 9.90 Å². The van der Waals surface area contributed by atoms with Gasteiger partial charge >= 0.3 is 0 Å². The zero-order valence-corrected chi connectivity index (χ0v) is 11.8. The van der Waals surface area contributed by atoms with Gasteiger partial charge in [0.25, 0.3) is 0 Å². The Hall–Kier alpha value is -1.39. The maximum atomic E-state index is 11.3. The second kappa shape index (κ2) is 5.31. The van der Waals surface area contributed by atoms with E-state index in [1.165, 1.54) is 0 Å². The molecule has 1 atom stereocenters. The number of hydrogen-bond acceptors (Lipinski definition) is 4. The van der Waals surface area contributed by atoms with Gasteiger partial charge in [-0.05, 0) is 45.0 Å². The molecule has 0 amide bonds. The fourth-order valence-corrected chi connectivity index (χ4v) is 2.66. The molecule has 1 aliphatic heterocycles. The first-order chi connectivity index (χ1) is 8.91. The van der Waals surface area contributed by atoms with Gasteiger partial charge in [0.05, 0.1) is 6.61 Å². The van der Waals surface area contributed by atoms with Gasteiger partial charge in [0.2, 0.25) is 0 Å². The highest BCUT2D eigenvalue weighted by Crippen LogP contribution is 2.22. The summed E-state index contributed by atoms with van der Waals surface area (Å²) < 4.78 is 0. The average molecular weight is 262 g/mol. The van der Waals surface area contributed by atoms with E-state index in [0.717, 1.165) is 24.3 Å². The first kappa shape index (κ1) is 14.0. The molecule has 4 nitrogen and oxygen atoms in total. The van der Waals surface area contributed by atoms with Crippen LogP contribution in [0.4, 0.5) is 5.69 Å². The van der Waals surface area contributed by atoms with Crippen LogP contribution in [0.25, 0.3) is 0 Å². The number of ketones is 1. The van der Waals surface area contributed by atoms with Crippen molar-refractivity contribution in [2.24, 2.45) is 0 Å². The number of Topliss-reactive ketones (excluding diaryl/α,β-unsaturated/α-hetero) is 1. The zero-order chi connectivity index (χ0) is 14.0. The molecule has 0 aliphatic carbocycles. The van der Waals surface area contributed by atoms with Gasteiger partial charge in [-0.1, -0.05) is 0 Å². The average Bonchev–Trinajstić information content (AvgIpc) is 2.37. The van der Waals surface area contributed by atoms with Crippen molar-refractivity contribution >= 4 is 11.5 Å². The number of anilines is 1. The summed E-state index contributed by atoms with van der Waals surface area (Å²) in [5, 5.41) is 12.8. The molecule has 104 valence electrons. The maximum absolute atomic E-state index is 11.3. The minimum Gasteiger partial charge on any atom is -0.395 e. The molecule has 1 aliphatic rings. The van der Waals surface area contributed by atoms with Gasteiger partial charge in [-0.3, -0.25) is 4.79 Å². The number of nitrogens with one attached hydrogen (secondary N) is 1. The van der Waals surface area contributed by atoms with Crippen LogP contribution >= 0.6 is 0 Å². The Morgan fingerprint density at radius 3 is 2.58 bits per heavy atom. The summed E-state index contributed by atoms with van der Waals surface area (Å²) in [5.41, 5.74) is 1.79. The highest BCUT2D eigenvalue weighted by atomic mass is 16.3. The molecule has 1 aromatic rings. The van der Waals surface area contributed by atoms with Crippen LogP contribution < -0.4 is 10.2 Å². The number of benzene rings is 1. The zero-order valence-electron chi connectivity index (χ0n) is 11.8. The van der Waals surface area contributed by atoms with Crippen LogP contribution in [-0.2, 0) is 0 Å². The number of carbonyl (C=O) groups excluding carboxylic acids is 1. The van der Waals surface area contributed by atoms with Crippen LogP contribution in [0.3, 0.4) is 0 Å². The third kappa shape index (κ3) is 3.33. The molecule has 0 spiro atoms. The Labute approximate surface area is 114 Å². The van der Waals surface area contributed by atoms with Gasteiger partial charge in [-0.25, -0.2) is 0 Å². The van der Waals surface area contributed by atoms with E-state index >= 15 is 0 Å². The van der Waals surface area contributed by atoms with Crippen molar-refractivity contribution in [1.29, 1.82) is 0 Å². The number of piperazine rings is 1. The predicted molar refractivity (Wildman–Crippen MR) is 76.7 cm³/mol. The third-order valence-electron chi connectivity index (χ3n) is 3.48. The van der Waals surface area contributed by atoms with Gasteiger partial charge in [-0.2, -0.15) is 0 Å². The molecule has 4 heteroatoms. The molecule has 1 aromatic carbocycles. The van der Waals surface area contributed by atoms with Gasteiger partial charge in [-0.15, -0.1) is 0 Å². The van der Waals surface area contributed by atoms with Gasteiger partial charge in [0.1, 0.15) is 0 Å². The molecule has 0 saturated carbocycles. The number of rotatable bonds is 3.